The number of aliphatic carboxylic acids is 1. The zero-order chi connectivity index (χ0) is 19.3. The van der Waals surface area contributed by atoms with Crippen LogP contribution in [0.2, 0.25) is 6.32 Å². The van der Waals surface area contributed by atoms with Crippen molar-refractivity contribution in [3.05, 3.63) is 29.3 Å². The number of hydrogen-bond donors (Lipinski definition) is 2. The predicted molar refractivity (Wildman–Crippen MR) is 107 cm³/mol. The average molecular weight is 370 g/mol. The number of piperidine rings is 1. The van der Waals surface area contributed by atoms with Crippen molar-refractivity contribution in [2.75, 3.05) is 19.7 Å². The van der Waals surface area contributed by atoms with Gasteiger partial charge in [-0.25, -0.2) is 0 Å². The number of likely N-dealkylation sites (tertiary alicyclic amines) is 1. The number of hydrogen-bond acceptors (Lipinski definition) is 4. The number of ether oxygens (including phenoxy) is 1. The maximum atomic E-state index is 11.9. The molecule has 0 aliphatic carbocycles. The monoisotopic (exact) mass is 370 g/mol. The molecule has 2 heterocycles. The van der Waals surface area contributed by atoms with Gasteiger partial charge in [0.2, 0.25) is 0 Å². The van der Waals surface area contributed by atoms with E-state index < -0.39 is 11.5 Å². The summed E-state index contributed by atoms with van der Waals surface area (Å²) in [7, 11) is 5.55. The lowest BCUT2D eigenvalue weighted by Gasteiger charge is -2.40. The Labute approximate surface area is 163 Å². The summed E-state index contributed by atoms with van der Waals surface area (Å²) in [5, 5.41) is 9.73. The molecule has 27 heavy (non-hydrogen) atoms. The molecular formula is C21H31BN2O3. The van der Waals surface area contributed by atoms with Crippen LogP contribution in [0.15, 0.2) is 18.2 Å². The third-order valence-corrected chi connectivity index (χ3v) is 6.17. The van der Waals surface area contributed by atoms with Crippen molar-refractivity contribution in [3.8, 4) is 5.75 Å². The van der Waals surface area contributed by atoms with Crippen molar-refractivity contribution in [1.29, 1.82) is 0 Å². The first-order valence-corrected chi connectivity index (χ1v) is 10.2. The molecule has 2 aliphatic heterocycles. The lowest BCUT2D eigenvalue weighted by Crippen LogP contribution is -2.56. The van der Waals surface area contributed by atoms with Gasteiger partial charge in [0.1, 0.15) is 11.3 Å². The van der Waals surface area contributed by atoms with Crippen molar-refractivity contribution in [3.63, 3.8) is 0 Å². The van der Waals surface area contributed by atoms with E-state index in [9.17, 15) is 9.90 Å². The zero-order valence-electron chi connectivity index (χ0n) is 16.2. The highest BCUT2D eigenvalue weighted by molar-refractivity contribution is 6.08. The van der Waals surface area contributed by atoms with E-state index in [2.05, 4.69) is 23.1 Å². The number of nitrogens with zero attached hydrogens (tertiary/aromatic N) is 1. The average Bonchev–Trinajstić information content (AvgIpc) is 2.69. The molecule has 1 saturated heterocycles. The topological polar surface area (TPSA) is 75.8 Å². The van der Waals surface area contributed by atoms with Crippen molar-refractivity contribution in [2.24, 2.45) is 11.7 Å². The fourth-order valence-corrected chi connectivity index (χ4v) is 4.48. The Morgan fingerprint density at radius 2 is 2.11 bits per heavy atom. The minimum atomic E-state index is -1.13. The van der Waals surface area contributed by atoms with Gasteiger partial charge in [-0.05, 0) is 56.7 Å². The summed E-state index contributed by atoms with van der Waals surface area (Å²) >= 11 is 0. The van der Waals surface area contributed by atoms with Gasteiger partial charge < -0.3 is 15.6 Å². The lowest BCUT2D eigenvalue weighted by atomic mass is 9.75. The standard InChI is InChI=1S/C21H31BN2O3/c22-11-2-1-10-21(23,20(25)26)18-8-12-24(13-9-18)15-17-6-3-5-16-7-4-14-27-19(16)17/h3,5-6,18H,1-2,4,7-15,23H2,(H,25,26). The van der Waals surface area contributed by atoms with Gasteiger partial charge in [0, 0.05) is 12.1 Å². The molecule has 6 heteroatoms. The van der Waals surface area contributed by atoms with Crippen LogP contribution in [0.25, 0.3) is 0 Å². The molecule has 3 rings (SSSR count). The molecule has 0 saturated carbocycles. The highest BCUT2D eigenvalue weighted by atomic mass is 16.5. The molecule has 2 aliphatic rings. The van der Waals surface area contributed by atoms with E-state index in [-0.39, 0.29) is 5.92 Å². The molecule has 1 aromatic rings. The number of carboxylic acids is 1. The Balaban J connectivity index is 1.59. The van der Waals surface area contributed by atoms with E-state index in [1.807, 2.05) is 0 Å². The third-order valence-electron chi connectivity index (χ3n) is 6.17. The van der Waals surface area contributed by atoms with Gasteiger partial charge in [0.15, 0.2) is 0 Å². The Morgan fingerprint density at radius 1 is 1.33 bits per heavy atom. The summed E-state index contributed by atoms with van der Waals surface area (Å²) in [5.74, 6) is 0.208. The van der Waals surface area contributed by atoms with Crippen molar-refractivity contribution < 1.29 is 14.6 Å². The number of rotatable bonds is 8. The highest BCUT2D eigenvalue weighted by Gasteiger charge is 2.42. The number of aryl methyl sites for hydroxylation is 1. The molecule has 1 unspecified atom stereocenters. The van der Waals surface area contributed by atoms with Crippen LogP contribution < -0.4 is 10.5 Å². The molecule has 0 aromatic heterocycles. The minimum absolute atomic E-state index is 0.0185. The van der Waals surface area contributed by atoms with Gasteiger partial charge in [-0.1, -0.05) is 37.4 Å². The molecule has 1 fully saturated rings. The van der Waals surface area contributed by atoms with E-state index in [0.717, 1.165) is 70.5 Å². The zero-order valence-corrected chi connectivity index (χ0v) is 16.2. The van der Waals surface area contributed by atoms with Crippen LogP contribution in [0.4, 0.5) is 0 Å². The first-order chi connectivity index (χ1) is 13.0. The van der Waals surface area contributed by atoms with Crippen molar-refractivity contribution >= 4 is 13.8 Å². The second-order valence-electron chi connectivity index (χ2n) is 8.00. The highest BCUT2D eigenvalue weighted by Crippen LogP contribution is 2.34. The van der Waals surface area contributed by atoms with Gasteiger partial charge in [0.25, 0.3) is 0 Å². The van der Waals surface area contributed by atoms with Crippen molar-refractivity contribution in [1.82, 2.24) is 4.90 Å². The molecular weight excluding hydrogens is 339 g/mol. The Morgan fingerprint density at radius 3 is 2.81 bits per heavy atom. The molecule has 146 valence electrons. The largest absolute Gasteiger partial charge is 0.493 e. The molecule has 0 spiro atoms. The minimum Gasteiger partial charge on any atom is -0.493 e. The number of carboxylic acid groups (broad SMARTS) is 1. The maximum absolute atomic E-state index is 11.9. The van der Waals surface area contributed by atoms with Crippen LogP contribution in [0, 0.1) is 5.92 Å². The predicted octanol–water partition coefficient (Wildman–Crippen LogP) is 2.76. The van der Waals surface area contributed by atoms with Crippen molar-refractivity contribution in [2.45, 2.75) is 63.3 Å². The SMILES string of the molecule is [B]CCCCC(N)(C(=O)O)C1CCN(Cc2cccc3c2OCCC3)CC1. The quantitative estimate of drug-likeness (QED) is 0.544. The first-order valence-electron chi connectivity index (χ1n) is 10.2. The van der Waals surface area contributed by atoms with E-state index >= 15 is 0 Å². The van der Waals surface area contributed by atoms with Crippen LogP contribution in [0.3, 0.4) is 0 Å². The van der Waals surface area contributed by atoms with Crippen LogP contribution in [-0.4, -0.2) is 49.1 Å². The fourth-order valence-electron chi connectivity index (χ4n) is 4.48. The van der Waals surface area contributed by atoms with E-state index in [1.54, 1.807) is 0 Å². The summed E-state index contributed by atoms with van der Waals surface area (Å²) in [5.41, 5.74) is 7.79. The van der Waals surface area contributed by atoms with Gasteiger partial charge >= 0.3 is 5.97 Å². The molecule has 3 N–H and O–H groups in total. The van der Waals surface area contributed by atoms with Gasteiger partial charge in [-0.2, -0.15) is 0 Å². The lowest BCUT2D eigenvalue weighted by molar-refractivity contribution is -0.147. The number of para-hydroxylation sites is 1. The number of benzene rings is 1. The summed E-state index contributed by atoms with van der Waals surface area (Å²) in [6.07, 6.45) is 6.49. The van der Waals surface area contributed by atoms with E-state index in [1.165, 1.54) is 11.1 Å². The van der Waals surface area contributed by atoms with Crippen LogP contribution in [0.1, 0.15) is 49.7 Å². The van der Waals surface area contributed by atoms with Gasteiger partial charge in [-0.3, -0.25) is 9.69 Å². The van der Waals surface area contributed by atoms with Crippen LogP contribution >= 0.6 is 0 Å². The molecule has 0 bridgehead atoms. The molecule has 0 amide bonds. The van der Waals surface area contributed by atoms with Crippen LogP contribution in [0.5, 0.6) is 5.75 Å². The van der Waals surface area contributed by atoms with E-state index in [4.69, 9.17) is 18.3 Å². The third kappa shape index (κ3) is 4.67. The number of unbranched alkanes of at least 4 members (excludes halogenated alkanes) is 1. The summed E-state index contributed by atoms with van der Waals surface area (Å²) in [6, 6.07) is 6.41. The molecule has 2 radical (unpaired) electrons. The van der Waals surface area contributed by atoms with Gasteiger partial charge in [0.05, 0.1) is 14.5 Å². The smallest absolute Gasteiger partial charge is 0.323 e. The summed E-state index contributed by atoms with van der Waals surface area (Å²) in [6.45, 7) is 3.39. The fraction of sp³-hybridized carbons (Fsp3) is 0.667. The second kappa shape index (κ2) is 9.11. The van der Waals surface area contributed by atoms with Crippen LogP contribution in [-0.2, 0) is 17.8 Å². The Bertz CT molecular complexity index is 646. The van der Waals surface area contributed by atoms with E-state index in [0.29, 0.717) is 12.7 Å². The number of nitrogens with two attached hydrogens (primary N) is 1. The Kier molecular flexibility index (Phi) is 6.82. The number of fused-ring (bicyclic) bond motifs is 1. The first kappa shape index (κ1) is 20.2. The maximum Gasteiger partial charge on any atom is 0.323 e. The molecule has 5 nitrogen and oxygen atoms in total. The normalized spacial score (nSPS) is 20.5. The van der Waals surface area contributed by atoms with Gasteiger partial charge in [-0.15, -0.1) is 0 Å². The molecule has 1 aromatic carbocycles. The summed E-state index contributed by atoms with van der Waals surface area (Å²) in [4.78, 5) is 14.3. The molecule has 1 atom stereocenters. The number of carbonyl (C=O) groups is 1. The second-order valence-corrected chi connectivity index (χ2v) is 8.00. The summed E-state index contributed by atoms with van der Waals surface area (Å²) < 4.78 is 5.92. The Hall–Kier alpha value is -1.53.